The Hall–Kier alpha value is -1.49. The highest BCUT2D eigenvalue weighted by Crippen LogP contribution is 2.32. The van der Waals surface area contributed by atoms with E-state index in [1.54, 1.807) is 0 Å². The SMILES string of the molecule is CC1(c2nc3c(F)c(F)ccc3[nH]2)CCNCC1. The van der Waals surface area contributed by atoms with Gasteiger partial charge in [-0.2, -0.15) is 0 Å². The third-order valence-electron chi connectivity index (χ3n) is 3.82. The number of hydrogen-bond donors (Lipinski definition) is 2. The Kier molecular flexibility index (Phi) is 2.59. The van der Waals surface area contributed by atoms with Crippen molar-refractivity contribution in [2.75, 3.05) is 13.1 Å². The van der Waals surface area contributed by atoms with Crippen LogP contribution >= 0.6 is 0 Å². The molecule has 0 radical (unpaired) electrons. The van der Waals surface area contributed by atoms with E-state index in [9.17, 15) is 8.78 Å². The van der Waals surface area contributed by atoms with E-state index >= 15 is 0 Å². The van der Waals surface area contributed by atoms with Crippen molar-refractivity contribution < 1.29 is 8.78 Å². The smallest absolute Gasteiger partial charge is 0.186 e. The van der Waals surface area contributed by atoms with E-state index < -0.39 is 11.6 Å². The van der Waals surface area contributed by atoms with E-state index in [1.807, 2.05) is 0 Å². The Morgan fingerprint density at radius 2 is 1.94 bits per heavy atom. The Bertz CT molecular complexity index is 585. The lowest BCUT2D eigenvalue weighted by Crippen LogP contribution is -2.38. The lowest BCUT2D eigenvalue weighted by Gasteiger charge is -2.32. The molecule has 0 unspecified atom stereocenters. The molecule has 96 valence electrons. The van der Waals surface area contributed by atoms with Crippen LogP contribution in [0.2, 0.25) is 0 Å². The van der Waals surface area contributed by atoms with Gasteiger partial charge in [-0.15, -0.1) is 0 Å². The van der Waals surface area contributed by atoms with Crippen molar-refractivity contribution in [2.45, 2.75) is 25.2 Å². The Balaban J connectivity index is 2.10. The molecular weight excluding hydrogens is 236 g/mol. The summed E-state index contributed by atoms with van der Waals surface area (Å²) in [6, 6.07) is 2.67. The summed E-state index contributed by atoms with van der Waals surface area (Å²) in [7, 11) is 0. The highest BCUT2D eigenvalue weighted by atomic mass is 19.2. The number of aromatic amines is 1. The van der Waals surface area contributed by atoms with E-state index in [4.69, 9.17) is 0 Å². The molecule has 3 nitrogen and oxygen atoms in total. The lowest BCUT2D eigenvalue weighted by atomic mass is 9.80. The van der Waals surface area contributed by atoms with Crippen LogP contribution in [0.4, 0.5) is 8.78 Å². The zero-order valence-electron chi connectivity index (χ0n) is 10.2. The first kappa shape index (κ1) is 11.6. The molecule has 1 aliphatic heterocycles. The largest absolute Gasteiger partial charge is 0.341 e. The van der Waals surface area contributed by atoms with Gasteiger partial charge in [0.2, 0.25) is 0 Å². The number of fused-ring (bicyclic) bond motifs is 1. The van der Waals surface area contributed by atoms with E-state index in [-0.39, 0.29) is 10.9 Å². The second-order valence-electron chi connectivity index (χ2n) is 5.15. The molecule has 0 atom stereocenters. The van der Waals surface area contributed by atoms with Crippen LogP contribution in [0, 0.1) is 11.6 Å². The van der Waals surface area contributed by atoms with Gasteiger partial charge in [0.05, 0.1) is 5.52 Å². The Morgan fingerprint density at radius 1 is 1.22 bits per heavy atom. The molecular formula is C13H15F2N3. The molecule has 1 saturated heterocycles. The van der Waals surface area contributed by atoms with Crippen molar-refractivity contribution in [1.29, 1.82) is 0 Å². The maximum atomic E-state index is 13.6. The average Bonchev–Trinajstić information content (AvgIpc) is 2.80. The van der Waals surface area contributed by atoms with Crippen LogP contribution in [0.1, 0.15) is 25.6 Å². The first-order valence-electron chi connectivity index (χ1n) is 6.15. The number of piperidine rings is 1. The minimum absolute atomic E-state index is 0.0901. The molecule has 1 aromatic carbocycles. The van der Waals surface area contributed by atoms with Crippen LogP contribution in [0.25, 0.3) is 11.0 Å². The van der Waals surface area contributed by atoms with Crippen LogP contribution < -0.4 is 5.32 Å². The summed E-state index contributed by atoms with van der Waals surface area (Å²) in [5, 5.41) is 3.29. The standard InChI is InChI=1S/C13H15F2N3/c1-13(4-6-16-7-5-13)12-17-9-3-2-8(14)10(15)11(9)18-12/h2-3,16H,4-7H2,1H3,(H,17,18). The van der Waals surface area contributed by atoms with Gasteiger partial charge < -0.3 is 10.3 Å². The topological polar surface area (TPSA) is 40.7 Å². The van der Waals surface area contributed by atoms with Crippen molar-refractivity contribution in [3.8, 4) is 0 Å². The van der Waals surface area contributed by atoms with Gasteiger partial charge in [0.1, 0.15) is 11.3 Å². The quantitative estimate of drug-likeness (QED) is 0.817. The van der Waals surface area contributed by atoms with Crippen molar-refractivity contribution in [3.63, 3.8) is 0 Å². The van der Waals surface area contributed by atoms with Crippen molar-refractivity contribution in [2.24, 2.45) is 0 Å². The maximum absolute atomic E-state index is 13.6. The summed E-state index contributed by atoms with van der Waals surface area (Å²) in [5.74, 6) is -0.966. The third-order valence-corrected chi connectivity index (χ3v) is 3.82. The fraction of sp³-hybridized carbons (Fsp3) is 0.462. The predicted octanol–water partition coefficient (Wildman–Crippen LogP) is 2.48. The highest BCUT2D eigenvalue weighted by Gasteiger charge is 2.32. The lowest BCUT2D eigenvalue weighted by molar-refractivity contribution is 0.321. The van der Waals surface area contributed by atoms with Crippen LogP contribution in [0.5, 0.6) is 0 Å². The van der Waals surface area contributed by atoms with Gasteiger partial charge >= 0.3 is 0 Å². The molecule has 3 rings (SSSR count). The molecule has 0 saturated carbocycles. The van der Waals surface area contributed by atoms with Gasteiger partial charge in [-0.05, 0) is 38.1 Å². The molecule has 5 heteroatoms. The number of aromatic nitrogens is 2. The second kappa shape index (κ2) is 4.02. The van der Waals surface area contributed by atoms with Gasteiger partial charge in [0.25, 0.3) is 0 Å². The number of benzene rings is 1. The molecule has 0 aliphatic carbocycles. The summed E-state index contributed by atoms with van der Waals surface area (Å²) in [6.45, 7) is 3.95. The first-order chi connectivity index (χ1) is 8.60. The van der Waals surface area contributed by atoms with Gasteiger partial charge in [0.15, 0.2) is 11.6 Å². The molecule has 2 heterocycles. The molecule has 2 N–H and O–H groups in total. The molecule has 0 amide bonds. The minimum Gasteiger partial charge on any atom is -0.341 e. The number of rotatable bonds is 1. The summed E-state index contributed by atoms with van der Waals surface area (Å²) >= 11 is 0. The predicted molar refractivity (Wildman–Crippen MR) is 65.5 cm³/mol. The van der Waals surface area contributed by atoms with Gasteiger partial charge in [0, 0.05) is 5.41 Å². The van der Waals surface area contributed by atoms with Crippen molar-refractivity contribution in [1.82, 2.24) is 15.3 Å². The first-order valence-corrected chi connectivity index (χ1v) is 6.15. The van der Waals surface area contributed by atoms with Crippen LogP contribution in [-0.4, -0.2) is 23.1 Å². The van der Waals surface area contributed by atoms with Gasteiger partial charge in [-0.25, -0.2) is 13.8 Å². The summed E-state index contributed by atoms with van der Waals surface area (Å²) in [5.41, 5.74) is 0.570. The number of nitrogens with zero attached hydrogens (tertiary/aromatic N) is 1. The number of imidazole rings is 1. The average molecular weight is 251 g/mol. The van der Waals surface area contributed by atoms with Crippen molar-refractivity contribution >= 4 is 11.0 Å². The molecule has 2 aromatic rings. The normalized spacial score (nSPS) is 19.3. The van der Waals surface area contributed by atoms with Crippen LogP contribution in [0.15, 0.2) is 12.1 Å². The molecule has 1 fully saturated rings. The van der Waals surface area contributed by atoms with Crippen molar-refractivity contribution in [3.05, 3.63) is 29.6 Å². The maximum Gasteiger partial charge on any atom is 0.186 e. The summed E-state index contributed by atoms with van der Waals surface area (Å²) in [6.07, 6.45) is 1.88. The number of hydrogen-bond acceptors (Lipinski definition) is 2. The van der Waals surface area contributed by atoms with Crippen LogP contribution in [0.3, 0.4) is 0 Å². The Morgan fingerprint density at radius 3 is 2.67 bits per heavy atom. The third kappa shape index (κ3) is 1.70. The van der Waals surface area contributed by atoms with E-state index in [0.29, 0.717) is 5.52 Å². The van der Waals surface area contributed by atoms with E-state index in [0.717, 1.165) is 37.8 Å². The fourth-order valence-electron chi connectivity index (χ4n) is 2.52. The van der Waals surface area contributed by atoms with E-state index in [2.05, 4.69) is 22.2 Å². The van der Waals surface area contributed by atoms with Gasteiger partial charge in [-0.1, -0.05) is 6.92 Å². The number of nitrogens with one attached hydrogen (secondary N) is 2. The van der Waals surface area contributed by atoms with Crippen LogP contribution in [-0.2, 0) is 5.41 Å². The summed E-state index contributed by atoms with van der Waals surface area (Å²) in [4.78, 5) is 7.40. The summed E-state index contributed by atoms with van der Waals surface area (Å²) < 4.78 is 26.8. The molecule has 0 bridgehead atoms. The minimum atomic E-state index is -0.868. The zero-order chi connectivity index (χ0) is 12.8. The van der Waals surface area contributed by atoms with E-state index in [1.165, 1.54) is 6.07 Å². The van der Waals surface area contributed by atoms with Gasteiger partial charge in [-0.3, -0.25) is 0 Å². The zero-order valence-corrected chi connectivity index (χ0v) is 10.2. The molecule has 18 heavy (non-hydrogen) atoms. The molecule has 0 spiro atoms. The number of halogens is 2. The Labute approximate surface area is 104 Å². The molecule has 1 aliphatic rings. The monoisotopic (exact) mass is 251 g/mol. The highest BCUT2D eigenvalue weighted by molar-refractivity contribution is 5.76. The fourth-order valence-corrected chi connectivity index (χ4v) is 2.52. The number of H-pyrrole nitrogens is 1. The molecule has 1 aromatic heterocycles. The second-order valence-corrected chi connectivity index (χ2v) is 5.15.